The summed E-state index contributed by atoms with van der Waals surface area (Å²) in [5.74, 6) is 0.242. The maximum absolute atomic E-state index is 11.9. The van der Waals surface area contributed by atoms with Gasteiger partial charge in [0.1, 0.15) is 11.5 Å². The second-order valence-corrected chi connectivity index (χ2v) is 3.69. The summed E-state index contributed by atoms with van der Waals surface area (Å²) < 4.78 is 15.2. The lowest BCUT2D eigenvalue weighted by atomic mass is 10.1. The average Bonchev–Trinajstić information content (AvgIpc) is 2.43. The van der Waals surface area contributed by atoms with Crippen molar-refractivity contribution in [1.82, 2.24) is 0 Å². The number of rotatable bonds is 6. The summed E-state index contributed by atoms with van der Waals surface area (Å²) in [5.41, 5.74) is 6.21. The van der Waals surface area contributed by atoms with Gasteiger partial charge in [-0.2, -0.15) is 5.26 Å². The monoisotopic (exact) mass is 264 g/mol. The molecule has 0 atom stereocenters. The fraction of sp³-hybridized carbons (Fsp3) is 0.385. The molecule has 6 heteroatoms. The number of carbonyl (C=O) groups excluding carboxylic acids is 1. The molecule has 0 amide bonds. The molecule has 6 nitrogen and oxygen atoms in total. The van der Waals surface area contributed by atoms with Crippen LogP contribution in [-0.2, 0) is 4.74 Å². The van der Waals surface area contributed by atoms with Crippen LogP contribution in [0.3, 0.4) is 0 Å². The van der Waals surface area contributed by atoms with E-state index in [1.54, 1.807) is 6.07 Å². The summed E-state index contributed by atoms with van der Waals surface area (Å²) in [5, 5.41) is 8.39. The van der Waals surface area contributed by atoms with Crippen molar-refractivity contribution in [1.29, 1.82) is 5.26 Å². The second kappa shape index (κ2) is 7.11. The molecular weight excluding hydrogens is 248 g/mol. The molecule has 0 radical (unpaired) electrons. The molecule has 0 bridgehead atoms. The van der Waals surface area contributed by atoms with Crippen LogP contribution in [0.4, 0.5) is 5.69 Å². The maximum Gasteiger partial charge on any atom is 0.340 e. The summed E-state index contributed by atoms with van der Waals surface area (Å²) in [4.78, 5) is 11.9. The highest BCUT2D eigenvalue weighted by atomic mass is 16.5. The van der Waals surface area contributed by atoms with E-state index in [0.717, 1.165) is 0 Å². The normalized spacial score (nSPS) is 9.53. The van der Waals surface area contributed by atoms with Gasteiger partial charge in [-0.1, -0.05) is 0 Å². The average molecular weight is 264 g/mol. The maximum atomic E-state index is 11.9. The van der Waals surface area contributed by atoms with Crippen molar-refractivity contribution in [2.24, 2.45) is 0 Å². The molecule has 19 heavy (non-hydrogen) atoms. The number of methoxy groups -OCH3 is 2. The van der Waals surface area contributed by atoms with E-state index in [1.165, 1.54) is 20.3 Å². The van der Waals surface area contributed by atoms with Crippen molar-refractivity contribution < 1.29 is 19.0 Å². The Balaban J connectivity index is 2.86. The van der Waals surface area contributed by atoms with E-state index in [-0.39, 0.29) is 17.9 Å². The highest BCUT2D eigenvalue weighted by molar-refractivity contribution is 5.97. The largest absolute Gasteiger partial charge is 0.497 e. The topological polar surface area (TPSA) is 94.6 Å². The van der Waals surface area contributed by atoms with Crippen LogP contribution in [-0.4, -0.2) is 26.8 Å². The van der Waals surface area contributed by atoms with Crippen LogP contribution in [0, 0.1) is 11.3 Å². The van der Waals surface area contributed by atoms with Gasteiger partial charge in [-0.15, -0.1) is 0 Å². The Bertz CT molecular complexity index is 494. The fourth-order valence-corrected chi connectivity index (χ4v) is 1.45. The molecule has 0 aliphatic heterocycles. The smallest absolute Gasteiger partial charge is 0.340 e. The Kier molecular flexibility index (Phi) is 5.48. The van der Waals surface area contributed by atoms with Crippen molar-refractivity contribution in [3.63, 3.8) is 0 Å². The number of carbonyl (C=O) groups is 1. The number of nitriles is 1. The molecule has 0 aromatic heterocycles. The molecule has 0 fully saturated rings. The highest BCUT2D eigenvalue weighted by Crippen LogP contribution is 2.31. The van der Waals surface area contributed by atoms with E-state index in [4.69, 9.17) is 25.2 Å². The molecule has 0 saturated carbocycles. The van der Waals surface area contributed by atoms with E-state index < -0.39 is 5.97 Å². The number of hydrogen-bond acceptors (Lipinski definition) is 6. The number of unbranched alkanes of at least 4 members (excludes halogenated alkanes) is 1. The van der Waals surface area contributed by atoms with Gasteiger partial charge in [-0.25, -0.2) is 4.79 Å². The lowest BCUT2D eigenvalue weighted by Crippen LogP contribution is -2.10. The Morgan fingerprint density at radius 1 is 1.37 bits per heavy atom. The summed E-state index contributed by atoms with van der Waals surface area (Å²) in [6, 6.07) is 5.05. The lowest BCUT2D eigenvalue weighted by Gasteiger charge is -2.12. The number of nitrogens with two attached hydrogens (primary N) is 1. The molecule has 1 rings (SSSR count). The number of ether oxygens (including phenoxy) is 3. The van der Waals surface area contributed by atoms with Crippen LogP contribution in [0.2, 0.25) is 0 Å². The second-order valence-electron chi connectivity index (χ2n) is 3.69. The first-order valence-electron chi connectivity index (χ1n) is 5.69. The van der Waals surface area contributed by atoms with E-state index in [0.29, 0.717) is 24.3 Å². The van der Waals surface area contributed by atoms with E-state index in [2.05, 4.69) is 0 Å². The molecule has 1 aromatic rings. The van der Waals surface area contributed by atoms with Crippen molar-refractivity contribution in [3.05, 3.63) is 17.7 Å². The molecule has 102 valence electrons. The van der Waals surface area contributed by atoms with Gasteiger partial charge in [0.15, 0.2) is 0 Å². The standard InChI is InChI=1S/C13H16N2O4/c1-17-9-7-10(12(15)11(8-9)18-2)13(16)19-6-4-3-5-14/h7-8H,3-4,6,15H2,1-2H3. The SMILES string of the molecule is COc1cc(OC)c(N)c(C(=O)OCCCC#N)c1. The Labute approximate surface area is 111 Å². The molecular formula is C13H16N2O4. The first-order valence-corrected chi connectivity index (χ1v) is 5.69. The predicted octanol–water partition coefficient (Wildman–Crippen LogP) is 1.75. The van der Waals surface area contributed by atoms with Gasteiger partial charge < -0.3 is 19.9 Å². The Morgan fingerprint density at radius 2 is 2.11 bits per heavy atom. The quantitative estimate of drug-likeness (QED) is 0.478. The lowest BCUT2D eigenvalue weighted by molar-refractivity contribution is 0.0502. The Hall–Kier alpha value is -2.42. The third kappa shape index (κ3) is 3.78. The Morgan fingerprint density at radius 3 is 2.68 bits per heavy atom. The van der Waals surface area contributed by atoms with Crippen LogP contribution < -0.4 is 15.2 Å². The predicted molar refractivity (Wildman–Crippen MR) is 69.1 cm³/mol. The van der Waals surface area contributed by atoms with Crippen LogP contribution in [0.15, 0.2) is 12.1 Å². The first-order chi connectivity index (χ1) is 9.13. The van der Waals surface area contributed by atoms with E-state index >= 15 is 0 Å². The van der Waals surface area contributed by atoms with E-state index in [9.17, 15) is 4.79 Å². The molecule has 0 aliphatic rings. The molecule has 0 aliphatic carbocycles. The molecule has 0 spiro atoms. The van der Waals surface area contributed by atoms with Gasteiger partial charge in [-0.3, -0.25) is 0 Å². The molecule has 2 N–H and O–H groups in total. The van der Waals surface area contributed by atoms with Gasteiger partial charge in [0.25, 0.3) is 0 Å². The van der Waals surface area contributed by atoms with Gasteiger partial charge in [0.05, 0.1) is 38.1 Å². The zero-order chi connectivity index (χ0) is 14.3. The van der Waals surface area contributed by atoms with Crippen LogP contribution in [0.1, 0.15) is 23.2 Å². The minimum absolute atomic E-state index is 0.172. The summed E-state index contributed by atoms with van der Waals surface area (Å²) in [6.07, 6.45) is 0.827. The number of hydrogen-bond donors (Lipinski definition) is 1. The molecule has 0 heterocycles. The van der Waals surface area contributed by atoms with Gasteiger partial charge in [0, 0.05) is 12.5 Å². The van der Waals surface area contributed by atoms with E-state index in [1.807, 2.05) is 6.07 Å². The third-order valence-corrected chi connectivity index (χ3v) is 2.46. The fourth-order valence-electron chi connectivity index (χ4n) is 1.45. The van der Waals surface area contributed by atoms with Crippen molar-refractivity contribution in [2.75, 3.05) is 26.6 Å². The minimum Gasteiger partial charge on any atom is -0.497 e. The van der Waals surface area contributed by atoms with Crippen LogP contribution in [0.25, 0.3) is 0 Å². The van der Waals surface area contributed by atoms with Crippen LogP contribution >= 0.6 is 0 Å². The number of nitrogen functional groups attached to an aromatic ring is 1. The molecule has 1 aromatic carbocycles. The number of nitrogens with zero attached hydrogens (tertiary/aromatic N) is 1. The van der Waals surface area contributed by atoms with Crippen LogP contribution in [0.5, 0.6) is 11.5 Å². The van der Waals surface area contributed by atoms with Crippen molar-refractivity contribution in [2.45, 2.75) is 12.8 Å². The van der Waals surface area contributed by atoms with Gasteiger partial charge in [-0.05, 0) is 12.5 Å². The summed E-state index contributed by atoms with van der Waals surface area (Å²) in [7, 11) is 2.93. The zero-order valence-electron chi connectivity index (χ0n) is 10.9. The number of esters is 1. The molecule has 0 saturated heterocycles. The van der Waals surface area contributed by atoms with Crippen molar-refractivity contribution >= 4 is 11.7 Å². The zero-order valence-corrected chi connectivity index (χ0v) is 10.9. The van der Waals surface area contributed by atoms with Gasteiger partial charge >= 0.3 is 5.97 Å². The first kappa shape index (κ1) is 14.6. The van der Waals surface area contributed by atoms with Crippen molar-refractivity contribution in [3.8, 4) is 17.6 Å². The minimum atomic E-state index is -0.562. The summed E-state index contributed by atoms with van der Waals surface area (Å²) in [6.45, 7) is 0.172. The highest BCUT2D eigenvalue weighted by Gasteiger charge is 2.17. The molecule has 0 unspecified atom stereocenters. The number of anilines is 1. The summed E-state index contributed by atoms with van der Waals surface area (Å²) >= 11 is 0. The number of benzene rings is 1. The third-order valence-electron chi connectivity index (χ3n) is 2.46. The van der Waals surface area contributed by atoms with Gasteiger partial charge in [0.2, 0.25) is 0 Å².